The Morgan fingerprint density at radius 1 is 1.40 bits per heavy atom. The molecule has 4 nitrogen and oxygen atoms in total. The molecule has 1 aromatic rings. The highest BCUT2D eigenvalue weighted by atomic mass is 16.5. The second-order valence-electron chi connectivity index (χ2n) is 5.97. The van der Waals surface area contributed by atoms with Crippen LogP contribution in [0.2, 0.25) is 0 Å². The summed E-state index contributed by atoms with van der Waals surface area (Å²) in [5, 5.41) is 10.4. The SMILES string of the molecule is COc1ccc2c(c1)C(N1CCCC(C)C1)C(O)CO2. The third-order valence-corrected chi connectivity index (χ3v) is 4.39. The highest BCUT2D eigenvalue weighted by molar-refractivity contribution is 5.44. The number of hydrogen-bond donors (Lipinski definition) is 1. The molecule has 0 spiro atoms. The van der Waals surface area contributed by atoms with Crippen molar-refractivity contribution in [3.05, 3.63) is 23.8 Å². The Kier molecular flexibility index (Phi) is 3.85. The van der Waals surface area contributed by atoms with Gasteiger partial charge in [-0.2, -0.15) is 0 Å². The predicted octanol–water partition coefficient (Wildman–Crippen LogP) is 2.22. The Hall–Kier alpha value is -1.26. The molecule has 0 aromatic heterocycles. The maximum Gasteiger partial charge on any atom is 0.124 e. The fourth-order valence-corrected chi connectivity index (χ4v) is 3.41. The number of nitrogens with zero attached hydrogens (tertiary/aromatic N) is 1. The largest absolute Gasteiger partial charge is 0.497 e. The normalized spacial score (nSPS) is 30.4. The summed E-state index contributed by atoms with van der Waals surface area (Å²) in [6, 6.07) is 5.88. The van der Waals surface area contributed by atoms with Gasteiger partial charge in [0.15, 0.2) is 0 Å². The minimum Gasteiger partial charge on any atom is -0.497 e. The van der Waals surface area contributed by atoms with Crippen molar-refractivity contribution in [3.8, 4) is 11.5 Å². The molecule has 0 aliphatic carbocycles. The molecule has 0 bridgehead atoms. The number of hydrogen-bond acceptors (Lipinski definition) is 4. The number of piperidine rings is 1. The molecule has 20 heavy (non-hydrogen) atoms. The van der Waals surface area contributed by atoms with Gasteiger partial charge in [0.25, 0.3) is 0 Å². The van der Waals surface area contributed by atoms with Crippen molar-refractivity contribution in [2.45, 2.75) is 31.9 Å². The first-order valence-electron chi connectivity index (χ1n) is 7.42. The number of aliphatic hydroxyl groups is 1. The minimum atomic E-state index is -0.472. The Bertz CT molecular complexity index is 477. The highest BCUT2D eigenvalue weighted by Crippen LogP contribution is 2.39. The monoisotopic (exact) mass is 277 g/mol. The fraction of sp³-hybridized carbons (Fsp3) is 0.625. The lowest BCUT2D eigenvalue weighted by molar-refractivity contribution is -0.0141. The lowest BCUT2D eigenvalue weighted by Crippen LogP contribution is -2.46. The van der Waals surface area contributed by atoms with Crippen LogP contribution in [0.15, 0.2) is 18.2 Å². The van der Waals surface area contributed by atoms with Crippen molar-refractivity contribution >= 4 is 0 Å². The molecule has 3 rings (SSSR count). The summed E-state index contributed by atoms with van der Waals surface area (Å²) < 4.78 is 11.0. The van der Waals surface area contributed by atoms with Crippen LogP contribution in [0.25, 0.3) is 0 Å². The molecule has 2 heterocycles. The molecule has 3 atom stereocenters. The molecular formula is C16H23NO3. The van der Waals surface area contributed by atoms with Crippen molar-refractivity contribution in [3.63, 3.8) is 0 Å². The number of fused-ring (bicyclic) bond motifs is 1. The summed E-state index contributed by atoms with van der Waals surface area (Å²) in [7, 11) is 1.67. The number of rotatable bonds is 2. The maximum absolute atomic E-state index is 10.4. The van der Waals surface area contributed by atoms with Crippen molar-refractivity contribution in [1.29, 1.82) is 0 Å². The zero-order valence-electron chi connectivity index (χ0n) is 12.2. The van der Waals surface area contributed by atoms with Gasteiger partial charge in [-0.3, -0.25) is 4.90 Å². The van der Waals surface area contributed by atoms with E-state index < -0.39 is 6.10 Å². The number of aliphatic hydroxyl groups excluding tert-OH is 1. The summed E-state index contributed by atoms with van der Waals surface area (Å²) in [6.07, 6.45) is 2.01. The Morgan fingerprint density at radius 3 is 3.00 bits per heavy atom. The molecule has 3 unspecified atom stereocenters. The van der Waals surface area contributed by atoms with Crippen LogP contribution in [0.5, 0.6) is 11.5 Å². The summed E-state index contributed by atoms with van der Waals surface area (Å²) in [6.45, 7) is 4.74. The van der Waals surface area contributed by atoms with E-state index in [1.54, 1.807) is 7.11 Å². The van der Waals surface area contributed by atoms with E-state index in [9.17, 15) is 5.11 Å². The third kappa shape index (κ3) is 2.50. The summed E-state index contributed by atoms with van der Waals surface area (Å²) >= 11 is 0. The molecular weight excluding hydrogens is 254 g/mol. The first kappa shape index (κ1) is 13.7. The van der Waals surface area contributed by atoms with E-state index in [1.807, 2.05) is 18.2 Å². The van der Waals surface area contributed by atoms with Gasteiger partial charge < -0.3 is 14.6 Å². The van der Waals surface area contributed by atoms with Gasteiger partial charge >= 0.3 is 0 Å². The van der Waals surface area contributed by atoms with Gasteiger partial charge in [0.05, 0.1) is 13.2 Å². The average Bonchev–Trinajstić information content (AvgIpc) is 2.46. The van der Waals surface area contributed by atoms with Crippen LogP contribution < -0.4 is 9.47 Å². The smallest absolute Gasteiger partial charge is 0.124 e. The number of likely N-dealkylation sites (tertiary alicyclic amines) is 1. The van der Waals surface area contributed by atoms with Crippen molar-refractivity contribution in [2.24, 2.45) is 5.92 Å². The van der Waals surface area contributed by atoms with Crippen LogP contribution in [0.4, 0.5) is 0 Å². The van der Waals surface area contributed by atoms with E-state index in [1.165, 1.54) is 12.8 Å². The van der Waals surface area contributed by atoms with Crippen molar-refractivity contribution < 1.29 is 14.6 Å². The van der Waals surface area contributed by atoms with E-state index >= 15 is 0 Å². The van der Waals surface area contributed by atoms with Crippen LogP contribution in [0, 0.1) is 5.92 Å². The Morgan fingerprint density at radius 2 is 2.25 bits per heavy atom. The minimum absolute atomic E-state index is 0.0246. The van der Waals surface area contributed by atoms with Crippen LogP contribution in [0.3, 0.4) is 0 Å². The molecule has 0 amide bonds. The van der Waals surface area contributed by atoms with Gasteiger partial charge in [0, 0.05) is 12.1 Å². The summed E-state index contributed by atoms with van der Waals surface area (Å²) in [4.78, 5) is 2.40. The second kappa shape index (κ2) is 5.62. The third-order valence-electron chi connectivity index (χ3n) is 4.39. The standard InChI is InChI=1S/C16H23NO3/c1-11-4-3-7-17(9-11)16-13-8-12(19-2)5-6-15(13)20-10-14(16)18/h5-6,8,11,14,16,18H,3-4,7,9-10H2,1-2H3. The zero-order valence-corrected chi connectivity index (χ0v) is 12.2. The van der Waals surface area contributed by atoms with Crippen LogP contribution in [-0.4, -0.2) is 42.9 Å². The lowest BCUT2D eigenvalue weighted by atomic mass is 9.92. The van der Waals surface area contributed by atoms with E-state index in [0.29, 0.717) is 12.5 Å². The predicted molar refractivity (Wildman–Crippen MR) is 77.2 cm³/mol. The van der Waals surface area contributed by atoms with E-state index in [0.717, 1.165) is 30.2 Å². The van der Waals surface area contributed by atoms with Gasteiger partial charge in [0.2, 0.25) is 0 Å². The van der Waals surface area contributed by atoms with Crippen LogP contribution >= 0.6 is 0 Å². The molecule has 2 aliphatic heterocycles. The van der Waals surface area contributed by atoms with Crippen molar-refractivity contribution in [2.75, 3.05) is 26.8 Å². The molecule has 1 saturated heterocycles. The maximum atomic E-state index is 10.4. The number of methoxy groups -OCH3 is 1. The van der Waals surface area contributed by atoms with Gasteiger partial charge in [0.1, 0.15) is 24.2 Å². The molecule has 0 radical (unpaired) electrons. The number of ether oxygens (including phenoxy) is 2. The number of benzene rings is 1. The summed E-state index contributed by atoms with van der Waals surface area (Å²) in [5.74, 6) is 2.38. The van der Waals surface area contributed by atoms with Crippen LogP contribution in [-0.2, 0) is 0 Å². The second-order valence-corrected chi connectivity index (χ2v) is 5.97. The molecule has 1 fully saturated rings. The van der Waals surface area contributed by atoms with Gasteiger partial charge in [-0.25, -0.2) is 0 Å². The Labute approximate surface area is 120 Å². The van der Waals surface area contributed by atoms with Gasteiger partial charge in [-0.15, -0.1) is 0 Å². The molecule has 2 aliphatic rings. The van der Waals surface area contributed by atoms with Gasteiger partial charge in [-0.05, 0) is 43.5 Å². The average molecular weight is 277 g/mol. The van der Waals surface area contributed by atoms with Crippen LogP contribution in [0.1, 0.15) is 31.4 Å². The van der Waals surface area contributed by atoms with E-state index in [-0.39, 0.29) is 6.04 Å². The fourth-order valence-electron chi connectivity index (χ4n) is 3.41. The first-order valence-corrected chi connectivity index (χ1v) is 7.42. The summed E-state index contributed by atoms with van der Waals surface area (Å²) in [5.41, 5.74) is 1.05. The molecule has 4 heteroatoms. The lowest BCUT2D eigenvalue weighted by Gasteiger charge is -2.42. The molecule has 1 N–H and O–H groups in total. The van der Waals surface area contributed by atoms with Gasteiger partial charge in [-0.1, -0.05) is 6.92 Å². The molecule has 110 valence electrons. The van der Waals surface area contributed by atoms with Crippen molar-refractivity contribution in [1.82, 2.24) is 4.90 Å². The Balaban J connectivity index is 1.93. The van der Waals surface area contributed by atoms with E-state index in [4.69, 9.17) is 9.47 Å². The highest BCUT2D eigenvalue weighted by Gasteiger charge is 2.36. The zero-order chi connectivity index (χ0) is 14.1. The van der Waals surface area contributed by atoms with E-state index in [2.05, 4.69) is 11.8 Å². The topological polar surface area (TPSA) is 41.9 Å². The molecule has 0 saturated carbocycles. The molecule has 1 aromatic carbocycles. The quantitative estimate of drug-likeness (QED) is 0.900. The first-order chi connectivity index (χ1) is 9.69.